The molecule has 7 nitrogen and oxygen atoms in total. The number of anilines is 1. The Morgan fingerprint density at radius 1 is 1.31 bits per heavy atom. The first-order valence-corrected chi connectivity index (χ1v) is 9.39. The minimum atomic E-state index is -0.518. The van der Waals surface area contributed by atoms with Crippen molar-refractivity contribution in [2.45, 2.75) is 12.3 Å². The molecule has 0 radical (unpaired) electrons. The van der Waals surface area contributed by atoms with E-state index < -0.39 is 5.76 Å². The number of rotatable bonds is 5. The molecule has 4 aromatic rings. The van der Waals surface area contributed by atoms with Crippen LogP contribution >= 0.6 is 11.8 Å². The van der Waals surface area contributed by atoms with Crippen molar-refractivity contribution in [2.75, 3.05) is 11.6 Å². The van der Waals surface area contributed by atoms with Crippen molar-refractivity contribution >= 4 is 45.5 Å². The number of hydrogen-bond acceptors (Lipinski definition) is 5. The minimum absolute atomic E-state index is 0.163. The van der Waals surface area contributed by atoms with E-state index in [-0.39, 0.29) is 12.5 Å². The Morgan fingerprint density at radius 3 is 3.00 bits per heavy atom. The molecule has 0 saturated heterocycles. The highest BCUT2D eigenvalue weighted by Gasteiger charge is 2.13. The van der Waals surface area contributed by atoms with Crippen LogP contribution in [-0.4, -0.2) is 26.7 Å². The third-order valence-electron chi connectivity index (χ3n) is 4.01. The van der Waals surface area contributed by atoms with Gasteiger partial charge in [0.1, 0.15) is 12.4 Å². The summed E-state index contributed by atoms with van der Waals surface area (Å²) in [5.74, 6) is 0.906. The molecule has 4 rings (SSSR count). The quantitative estimate of drug-likeness (QED) is 0.565. The Morgan fingerprint density at radius 2 is 2.15 bits per heavy atom. The number of nitrogens with one attached hydrogen (secondary N) is 2. The summed E-state index contributed by atoms with van der Waals surface area (Å²) in [4.78, 5) is 31.0. The molecule has 2 aromatic carbocycles. The first kappa shape index (κ1) is 16.5. The second kappa shape index (κ2) is 6.72. The van der Waals surface area contributed by atoms with Gasteiger partial charge in [0.2, 0.25) is 5.91 Å². The molecule has 0 aliphatic rings. The van der Waals surface area contributed by atoms with E-state index in [1.807, 2.05) is 35.1 Å². The van der Waals surface area contributed by atoms with E-state index in [0.29, 0.717) is 16.8 Å². The first-order valence-electron chi connectivity index (χ1n) is 8.00. The Labute approximate surface area is 152 Å². The van der Waals surface area contributed by atoms with Crippen LogP contribution in [0.1, 0.15) is 5.82 Å². The monoisotopic (exact) mass is 368 g/mol. The second-order valence-corrected chi connectivity index (χ2v) is 6.68. The molecule has 26 heavy (non-hydrogen) atoms. The minimum Gasteiger partial charge on any atom is -0.408 e. The van der Waals surface area contributed by atoms with Crippen molar-refractivity contribution in [2.24, 2.45) is 0 Å². The summed E-state index contributed by atoms with van der Waals surface area (Å²) >= 11 is 1.66. The molecule has 0 saturated carbocycles. The predicted octanol–water partition coefficient (Wildman–Crippen LogP) is 2.97. The second-order valence-electron chi connectivity index (χ2n) is 5.81. The van der Waals surface area contributed by atoms with E-state index >= 15 is 0 Å². The molecule has 0 spiro atoms. The van der Waals surface area contributed by atoms with Crippen LogP contribution in [0.4, 0.5) is 5.69 Å². The van der Waals surface area contributed by atoms with Crippen LogP contribution in [0.2, 0.25) is 0 Å². The number of carbonyl (C=O) groups excluding carboxylic acids is 1. The molecule has 0 fully saturated rings. The van der Waals surface area contributed by atoms with E-state index in [0.717, 1.165) is 22.6 Å². The zero-order valence-corrected chi connectivity index (χ0v) is 14.8. The number of aromatic amines is 1. The maximum absolute atomic E-state index is 12.6. The van der Waals surface area contributed by atoms with Gasteiger partial charge in [0, 0.05) is 5.69 Å². The summed E-state index contributed by atoms with van der Waals surface area (Å²) < 4.78 is 6.90. The number of aromatic nitrogens is 3. The molecule has 0 aliphatic carbocycles. The Bertz CT molecular complexity index is 1160. The van der Waals surface area contributed by atoms with Crippen molar-refractivity contribution in [3.63, 3.8) is 0 Å². The molecule has 8 heteroatoms. The first-order chi connectivity index (χ1) is 12.6. The van der Waals surface area contributed by atoms with E-state index in [4.69, 9.17) is 4.42 Å². The van der Waals surface area contributed by atoms with Crippen molar-refractivity contribution in [3.8, 4) is 0 Å². The predicted molar refractivity (Wildman–Crippen MR) is 102 cm³/mol. The highest BCUT2D eigenvalue weighted by Crippen LogP contribution is 2.20. The van der Waals surface area contributed by atoms with Crippen LogP contribution in [-0.2, 0) is 17.1 Å². The van der Waals surface area contributed by atoms with Crippen LogP contribution < -0.4 is 11.1 Å². The third kappa shape index (κ3) is 3.11. The fraction of sp³-hybridized carbons (Fsp3) is 0.167. The summed E-state index contributed by atoms with van der Waals surface area (Å²) in [7, 11) is 0. The topological polar surface area (TPSA) is 92.9 Å². The van der Waals surface area contributed by atoms with Gasteiger partial charge in [0.25, 0.3) is 0 Å². The molecule has 0 unspecified atom stereocenters. The third-order valence-corrected chi connectivity index (χ3v) is 4.56. The number of benzene rings is 2. The van der Waals surface area contributed by atoms with Gasteiger partial charge < -0.3 is 14.3 Å². The fourth-order valence-electron chi connectivity index (χ4n) is 2.91. The van der Waals surface area contributed by atoms with E-state index in [1.165, 1.54) is 0 Å². The lowest BCUT2D eigenvalue weighted by molar-refractivity contribution is -0.116. The van der Waals surface area contributed by atoms with Gasteiger partial charge in [-0.05, 0) is 36.6 Å². The number of hydrogen-bond donors (Lipinski definition) is 2. The van der Waals surface area contributed by atoms with Gasteiger partial charge in [-0.3, -0.25) is 9.78 Å². The van der Waals surface area contributed by atoms with Gasteiger partial charge in [0.05, 0.1) is 22.3 Å². The smallest absolute Gasteiger partial charge is 0.408 e. The largest absolute Gasteiger partial charge is 0.417 e. The van der Waals surface area contributed by atoms with Crippen LogP contribution in [0.3, 0.4) is 0 Å². The molecule has 132 valence electrons. The van der Waals surface area contributed by atoms with Crippen molar-refractivity contribution < 1.29 is 9.21 Å². The summed E-state index contributed by atoms with van der Waals surface area (Å²) in [5.41, 5.74) is 3.40. The van der Waals surface area contributed by atoms with Crippen molar-refractivity contribution in [1.29, 1.82) is 0 Å². The number of fused-ring (bicyclic) bond motifs is 2. The van der Waals surface area contributed by atoms with E-state index in [2.05, 4.69) is 15.3 Å². The standard InChI is InChI=1S/C18H16N4O3S/c1-26-10-16-20-12-4-2-3-5-14(12)22(16)9-17(23)19-11-6-7-15-13(8-11)21-18(24)25-15/h2-8H,9-10H2,1H3,(H,19,23)(H,21,24). The Balaban J connectivity index is 1.60. The lowest BCUT2D eigenvalue weighted by atomic mass is 10.3. The van der Waals surface area contributed by atoms with Crippen LogP contribution in [0.5, 0.6) is 0 Å². The number of carbonyl (C=O) groups is 1. The zero-order valence-electron chi connectivity index (χ0n) is 14.0. The number of imidazole rings is 1. The number of oxazole rings is 1. The fourth-order valence-corrected chi connectivity index (χ4v) is 3.39. The van der Waals surface area contributed by atoms with Gasteiger partial charge in [-0.15, -0.1) is 0 Å². The number of amides is 1. The number of H-pyrrole nitrogens is 1. The highest BCUT2D eigenvalue weighted by molar-refractivity contribution is 7.97. The van der Waals surface area contributed by atoms with Crippen LogP contribution in [0.25, 0.3) is 22.1 Å². The molecular formula is C18H16N4O3S. The molecule has 2 aromatic heterocycles. The van der Waals surface area contributed by atoms with Gasteiger partial charge >= 0.3 is 5.76 Å². The maximum Gasteiger partial charge on any atom is 0.417 e. The summed E-state index contributed by atoms with van der Waals surface area (Å²) in [6.45, 7) is 0.163. The Kier molecular flexibility index (Phi) is 4.26. The van der Waals surface area contributed by atoms with Crippen molar-refractivity contribution in [1.82, 2.24) is 14.5 Å². The molecule has 0 aliphatic heterocycles. The molecule has 0 atom stereocenters. The molecule has 0 bridgehead atoms. The summed E-state index contributed by atoms with van der Waals surface area (Å²) in [5, 5.41) is 2.86. The number of para-hydroxylation sites is 2. The molecule has 2 heterocycles. The van der Waals surface area contributed by atoms with Gasteiger partial charge in [-0.2, -0.15) is 11.8 Å². The van der Waals surface area contributed by atoms with Gasteiger partial charge in [-0.1, -0.05) is 12.1 Å². The lowest BCUT2D eigenvalue weighted by Crippen LogP contribution is -2.20. The zero-order chi connectivity index (χ0) is 18.1. The average molecular weight is 368 g/mol. The van der Waals surface area contributed by atoms with E-state index in [9.17, 15) is 9.59 Å². The molecular weight excluding hydrogens is 352 g/mol. The normalized spacial score (nSPS) is 11.3. The molecule has 2 N–H and O–H groups in total. The average Bonchev–Trinajstić information content (AvgIpc) is 3.15. The highest BCUT2D eigenvalue weighted by atomic mass is 32.2. The van der Waals surface area contributed by atoms with Gasteiger partial charge in [0.15, 0.2) is 5.58 Å². The summed E-state index contributed by atoms with van der Waals surface area (Å²) in [6, 6.07) is 12.8. The Hall–Kier alpha value is -3.00. The molecule has 1 amide bonds. The van der Waals surface area contributed by atoms with Gasteiger partial charge in [-0.25, -0.2) is 9.78 Å². The van der Waals surface area contributed by atoms with E-state index in [1.54, 1.807) is 30.0 Å². The number of thioether (sulfide) groups is 1. The van der Waals surface area contributed by atoms with Crippen LogP contribution in [0.15, 0.2) is 51.7 Å². The number of nitrogens with zero attached hydrogens (tertiary/aromatic N) is 2. The lowest BCUT2D eigenvalue weighted by Gasteiger charge is -2.09. The van der Waals surface area contributed by atoms with Crippen LogP contribution in [0, 0.1) is 0 Å². The summed E-state index contributed by atoms with van der Waals surface area (Å²) in [6.07, 6.45) is 2.00. The SMILES string of the molecule is CSCc1nc2ccccc2n1CC(=O)Nc1ccc2oc(=O)[nH]c2c1. The maximum atomic E-state index is 12.6. The van der Waals surface area contributed by atoms with Crippen molar-refractivity contribution in [3.05, 3.63) is 58.8 Å².